The van der Waals surface area contributed by atoms with Gasteiger partial charge in [-0.05, 0) is 18.6 Å². The molecule has 0 radical (unpaired) electrons. The number of rotatable bonds is 6. The number of hydrogen-bond donors (Lipinski definition) is 1. The van der Waals surface area contributed by atoms with Crippen LogP contribution in [0.4, 0.5) is 0 Å². The van der Waals surface area contributed by atoms with Crippen LogP contribution in [0.5, 0.6) is 0 Å². The molecule has 110 valence electrons. The second-order valence-electron chi connectivity index (χ2n) is 4.84. The number of hydrogen-bond acceptors (Lipinski definition) is 3. The van der Waals surface area contributed by atoms with Crippen molar-refractivity contribution < 1.29 is 14.7 Å². The number of halogens is 1. The third-order valence-electron chi connectivity index (χ3n) is 2.92. The molecule has 1 aromatic rings. The van der Waals surface area contributed by atoms with Crippen molar-refractivity contribution in [1.29, 1.82) is 0 Å². The van der Waals surface area contributed by atoms with Crippen molar-refractivity contribution in [2.45, 2.75) is 26.7 Å². The highest BCUT2D eigenvalue weighted by molar-refractivity contribution is 6.29. The van der Waals surface area contributed by atoms with Gasteiger partial charge >= 0.3 is 5.97 Å². The lowest BCUT2D eigenvalue weighted by Gasteiger charge is -2.19. The van der Waals surface area contributed by atoms with Crippen molar-refractivity contribution in [2.24, 2.45) is 5.92 Å². The second-order valence-corrected chi connectivity index (χ2v) is 5.23. The van der Waals surface area contributed by atoms with Crippen molar-refractivity contribution in [1.82, 2.24) is 9.88 Å². The summed E-state index contributed by atoms with van der Waals surface area (Å²) in [6, 6.07) is 3.21. The molecular formula is C14H19ClN2O3. The van der Waals surface area contributed by atoms with Gasteiger partial charge < -0.3 is 10.0 Å². The third kappa shape index (κ3) is 4.49. The molecule has 6 heteroatoms. The van der Waals surface area contributed by atoms with Crippen molar-refractivity contribution in [3.63, 3.8) is 0 Å². The van der Waals surface area contributed by atoms with Gasteiger partial charge in [-0.15, -0.1) is 0 Å². The predicted molar refractivity (Wildman–Crippen MR) is 77.0 cm³/mol. The van der Waals surface area contributed by atoms with Gasteiger partial charge in [0, 0.05) is 24.8 Å². The maximum atomic E-state index is 12.3. The van der Waals surface area contributed by atoms with Gasteiger partial charge in [-0.3, -0.25) is 9.59 Å². The van der Waals surface area contributed by atoms with Gasteiger partial charge in [0.1, 0.15) is 5.15 Å². The summed E-state index contributed by atoms with van der Waals surface area (Å²) in [5, 5.41) is 9.15. The van der Waals surface area contributed by atoms with E-state index in [1.807, 2.05) is 6.92 Å². The average molecular weight is 299 g/mol. The van der Waals surface area contributed by atoms with Crippen molar-refractivity contribution in [3.05, 3.63) is 28.5 Å². The molecule has 0 aliphatic rings. The van der Waals surface area contributed by atoms with E-state index in [1.165, 1.54) is 11.0 Å². The Labute approximate surface area is 123 Å². The molecule has 1 atom stereocenters. The van der Waals surface area contributed by atoms with Gasteiger partial charge in [0.2, 0.25) is 0 Å². The van der Waals surface area contributed by atoms with E-state index in [-0.39, 0.29) is 17.6 Å². The fraction of sp³-hybridized carbons (Fsp3) is 0.500. The number of carboxylic acid groups (broad SMARTS) is 1. The molecule has 0 saturated heterocycles. The standard InChI is InChI=1S/C14H19ClN2O3/c1-4-5-11-6-10(7-12(15)16-11)13(18)17(3)8-9(2)14(19)20/h6-7,9H,4-5,8H2,1-3H3,(H,19,20). The highest BCUT2D eigenvalue weighted by atomic mass is 35.5. The molecule has 20 heavy (non-hydrogen) atoms. The first-order valence-corrected chi connectivity index (χ1v) is 6.87. The monoisotopic (exact) mass is 298 g/mol. The Morgan fingerprint density at radius 3 is 2.65 bits per heavy atom. The zero-order valence-electron chi connectivity index (χ0n) is 11.9. The fourth-order valence-corrected chi connectivity index (χ4v) is 2.08. The average Bonchev–Trinajstić information content (AvgIpc) is 2.37. The fourth-order valence-electron chi connectivity index (χ4n) is 1.85. The Morgan fingerprint density at radius 1 is 1.45 bits per heavy atom. The molecule has 1 N–H and O–H groups in total. The molecule has 1 aromatic heterocycles. The maximum absolute atomic E-state index is 12.3. The summed E-state index contributed by atoms with van der Waals surface area (Å²) in [5.41, 5.74) is 1.21. The molecule has 0 spiro atoms. The molecule has 1 rings (SSSR count). The van der Waals surface area contributed by atoms with Crippen LogP contribution in [-0.2, 0) is 11.2 Å². The largest absolute Gasteiger partial charge is 0.481 e. The number of carbonyl (C=O) groups excluding carboxylic acids is 1. The molecule has 1 amide bonds. The third-order valence-corrected chi connectivity index (χ3v) is 3.11. The first-order valence-electron chi connectivity index (χ1n) is 6.49. The molecule has 0 fully saturated rings. The number of aromatic nitrogens is 1. The van der Waals surface area contributed by atoms with Gasteiger partial charge in [-0.1, -0.05) is 31.9 Å². The minimum atomic E-state index is -0.927. The van der Waals surface area contributed by atoms with E-state index in [9.17, 15) is 9.59 Å². The van der Waals surface area contributed by atoms with Crippen LogP contribution in [0.15, 0.2) is 12.1 Å². The normalized spacial score (nSPS) is 12.0. The van der Waals surface area contributed by atoms with Gasteiger partial charge in [0.05, 0.1) is 5.92 Å². The van der Waals surface area contributed by atoms with Gasteiger partial charge in [0.25, 0.3) is 5.91 Å². The molecule has 5 nitrogen and oxygen atoms in total. The summed E-state index contributed by atoms with van der Waals surface area (Å²) in [6.45, 7) is 3.73. The van der Waals surface area contributed by atoms with Crippen molar-refractivity contribution in [2.75, 3.05) is 13.6 Å². The van der Waals surface area contributed by atoms with E-state index < -0.39 is 11.9 Å². The number of aryl methyl sites for hydroxylation is 1. The SMILES string of the molecule is CCCc1cc(C(=O)N(C)CC(C)C(=O)O)cc(Cl)n1. The Bertz CT molecular complexity index is 505. The smallest absolute Gasteiger partial charge is 0.308 e. The van der Waals surface area contributed by atoms with E-state index in [4.69, 9.17) is 16.7 Å². The van der Waals surface area contributed by atoms with E-state index in [0.717, 1.165) is 18.5 Å². The predicted octanol–water partition coefficient (Wildman–Crippen LogP) is 2.48. The Hall–Kier alpha value is -1.62. The summed E-state index contributed by atoms with van der Waals surface area (Å²) in [7, 11) is 1.58. The molecule has 1 heterocycles. The van der Waals surface area contributed by atoms with Gasteiger partial charge in [-0.25, -0.2) is 4.98 Å². The van der Waals surface area contributed by atoms with Crippen LogP contribution in [0, 0.1) is 5.92 Å². The zero-order valence-corrected chi connectivity index (χ0v) is 12.6. The van der Waals surface area contributed by atoms with E-state index >= 15 is 0 Å². The number of aliphatic carboxylic acids is 1. The number of carboxylic acids is 1. The molecule has 0 bridgehead atoms. The lowest BCUT2D eigenvalue weighted by molar-refractivity contribution is -0.141. The first kappa shape index (κ1) is 16.4. The summed E-state index contributed by atoms with van der Waals surface area (Å²) in [5.74, 6) is -1.79. The van der Waals surface area contributed by atoms with Crippen LogP contribution in [0.3, 0.4) is 0 Å². The number of nitrogens with zero attached hydrogens (tertiary/aromatic N) is 2. The van der Waals surface area contributed by atoms with Crippen LogP contribution in [0.25, 0.3) is 0 Å². The molecule has 0 aromatic carbocycles. The molecular weight excluding hydrogens is 280 g/mol. The highest BCUT2D eigenvalue weighted by Gasteiger charge is 2.19. The quantitative estimate of drug-likeness (QED) is 0.819. The summed E-state index contributed by atoms with van der Waals surface area (Å²) in [4.78, 5) is 28.6. The lowest BCUT2D eigenvalue weighted by atomic mass is 10.1. The van der Waals surface area contributed by atoms with E-state index in [1.54, 1.807) is 20.0 Å². The zero-order chi connectivity index (χ0) is 15.3. The van der Waals surface area contributed by atoms with Crippen LogP contribution in [-0.4, -0.2) is 40.5 Å². The maximum Gasteiger partial charge on any atom is 0.308 e. The van der Waals surface area contributed by atoms with Crippen molar-refractivity contribution >= 4 is 23.5 Å². The van der Waals surface area contributed by atoms with Crippen molar-refractivity contribution in [3.8, 4) is 0 Å². The van der Waals surface area contributed by atoms with Crippen LogP contribution in [0.1, 0.15) is 36.3 Å². The molecule has 0 aliphatic carbocycles. The minimum absolute atomic E-state index is 0.150. The number of carbonyl (C=O) groups is 2. The number of amides is 1. The topological polar surface area (TPSA) is 70.5 Å². The molecule has 1 unspecified atom stereocenters. The minimum Gasteiger partial charge on any atom is -0.481 e. The van der Waals surface area contributed by atoms with Crippen LogP contribution >= 0.6 is 11.6 Å². The lowest BCUT2D eigenvalue weighted by Crippen LogP contribution is -2.33. The Kier molecular flexibility index (Phi) is 5.95. The summed E-state index contributed by atoms with van der Waals surface area (Å²) < 4.78 is 0. The highest BCUT2D eigenvalue weighted by Crippen LogP contribution is 2.14. The van der Waals surface area contributed by atoms with Gasteiger partial charge in [0.15, 0.2) is 0 Å². The first-order chi connectivity index (χ1) is 9.35. The molecule has 0 saturated carbocycles. The van der Waals surface area contributed by atoms with Crippen LogP contribution < -0.4 is 0 Å². The molecule has 0 aliphatic heterocycles. The number of pyridine rings is 1. The van der Waals surface area contributed by atoms with Crippen LogP contribution in [0.2, 0.25) is 5.15 Å². The Balaban J connectivity index is 2.88. The second kappa shape index (κ2) is 7.24. The van der Waals surface area contributed by atoms with Gasteiger partial charge in [-0.2, -0.15) is 0 Å². The van der Waals surface area contributed by atoms with E-state index in [2.05, 4.69) is 4.98 Å². The summed E-state index contributed by atoms with van der Waals surface area (Å²) >= 11 is 5.91. The Morgan fingerprint density at radius 2 is 2.10 bits per heavy atom. The van der Waals surface area contributed by atoms with E-state index in [0.29, 0.717) is 5.56 Å². The summed E-state index contributed by atoms with van der Waals surface area (Å²) in [6.07, 6.45) is 1.66.